The summed E-state index contributed by atoms with van der Waals surface area (Å²) in [4.78, 5) is 13.8. The molecule has 0 unspecified atom stereocenters. The van der Waals surface area contributed by atoms with Crippen molar-refractivity contribution in [1.29, 1.82) is 0 Å². The Bertz CT molecular complexity index is 241. The first kappa shape index (κ1) is 7.66. The average molecular weight is 147 g/mol. The summed E-state index contributed by atoms with van der Waals surface area (Å²) >= 11 is 0. The SMILES string of the molecule is O=CC=CCc1cccnc1. The summed E-state index contributed by atoms with van der Waals surface area (Å²) in [5.74, 6) is 0. The lowest BCUT2D eigenvalue weighted by molar-refractivity contribution is -0.104. The predicted molar refractivity (Wildman–Crippen MR) is 43.1 cm³/mol. The fourth-order valence-corrected chi connectivity index (χ4v) is 0.779. The molecule has 0 aliphatic heterocycles. The lowest BCUT2D eigenvalue weighted by Crippen LogP contribution is -1.80. The van der Waals surface area contributed by atoms with Crippen molar-refractivity contribution in [2.75, 3.05) is 0 Å². The Labute approximate surface area is 65.6 Å². The molecule has 1 rings (SSSR count). The second-order valence-corrected chi connectivity index (χ2v) is 2.13. The summed E-state index contributed by atoms with van der Waals surface area (Å²) < 4.78 is 0. The second-order valence-electron chi connectivity index (χ2n) is 2.13. The Morgan fingerprint density at radius 1 is 1.55 bits per heavy atom. The van der Waals surface area contributed by atoms with Gasteiger partial charge in [0.1, 0.15) is 6.29 Å². The zero-order valence-corrected chi connectivity index (χ0v) is 6.10. The first-order chi connectivity index (χ1) is 5.43. The summed E-state index contributed by atoms with van der Waals surface area (Å²) in [5, 5.41) is 0. The molecule has 0 spiro atoms. The molecule has 0 aliphatic carbocycles. The highest BCUT2D eigenvalue weighted by Gasteiger charge is 1.84. The third-order valence-electron chi connectivity index (χ3n) is 1.29. The van der Waals surface area contributed by atoms with Gasteiger partial charge in [-0.15, -0.1) is 0 Å². The highest BCUT2D eigenvalue weighted by atomic mass is 16.1. The minimum Gasteiger partial charge on any atom is -0.299 e. The first-order valence-corrected chi connectivity index (χ1v) is 3.42. The van der Waals surface area contributed by atoms with Crippen LogP contribution in [-0.2, 0) is 11.2 Å². The molecule has 0 atom stereocenters. The topological polar surface area (TPSA) is 30.0 Å². The summed E-state index contributed by atoms with van der Waals surface area (Å²) in [6.45, 7) is 0. The molecule has 0 fully saturated rings. The number of allylic oxidation sites excluding steroid dienone is 2. The molecule has 1 heterocycles. The lowest BCUT2D eigenvalue weighted by atomic mass is 10.2. The van der Waals surface area contributed by atoms with Crippen molar-refractivity contribution < 1.29 is 4.79 Å². The molecule has 0 aromatic carbocycles. The fourth-order valence-electron chi connectivity index (χ4n) is 0.779. The number of pyridine rings is 1. The zero-order chi connectivity index (χ0) is 7.94. The molecule has 0 aliphatic rings. The van der Waals surface area contributed by atoms with E-state index in [0.717, 1.165) is 18.3 Å². The van der Waals surface area contributed by atoms with E-state index in [-0.39, 0.29) is 0 Å². The van der Waals surface area contributed by atoms with E-state index in [1.54, 1.807) is 12.4 Å². The molecule has 0 saturated heterocycles. The van der Waals surface area contributed by atoms with E-state index in [1.807, 2.05) is 18.2 Å². The molecule has 1 aromatic heterocycles. The number of hydrogen-bond acceptors (Lipinski definition) is 2. The Hall–Kier alpha value is -1.44. The molecule has 2 nitrogen and oxygen atoms in total. The van der Waals surface area contributed by atoms with Crippen molar-refractivity contribution in [3.63, 3.8) is 0 Å². The standard InChI is InChI=1S/C9H9NO/c11-7-2-1-4-9-5-3-6-10-8-9/h1-3,5-8H,4H2. The molecule has 0 N–H and O–H groups in total. The Morgan fingerprint density at radius 2 is 2.45 bits per heavy atom. The van der Waals surface area contributed by atoms with Crippen LogP contribution < -0.4 is 0 Å². The molecule has 56 valence electrons. The van der Waals surface area contributed by atoms with Crippen LogP contribution in [0.5, 0.6) is 0 Å². The number of aldehydes is 1. The van der Waals surface area contributed by atoms with Gasteiger partial charge in [-0.25, -0.2) is 0 Å². The molecule has 0 radical (unpaired) electrons. The number of rotatable bonds is 3. The van der Waals surface area contributed by atoms with Gasteiger partial charge in [0.2, 0.25) is 0 Å². The lowest BCUT2D eigenvalue weighted by Gasteiger charge is -1.91. The number of aromatic nitrogens is 1. The van der Waals surface area contributed by atoms with Crippen LogP contribution in [0.1, 0.15) is 5.56 Å². The maximum atomic E-state index is 9.89. The molecule has 1 aromatic rings. The summed E-state index contributed by atoms with van der Waals surface area (Å²) in [7, 11) is 0. The zero-order valence-electron chi connectivity index (χ0n) is 6.10. The third-order valence-corrected chi connectivity index (χ3v) is 1.29. The number of carbonyl (C=O) groups excluding carboxylic acids is 1. The molecular weight excluding hydrogens is 138 g/mol. The van der Waals surface area contributed by atoms with Crippen molar-refractivity contribution in [1.82, 2.24) is 4.98 Å². The van der Waals surface area contributed by atoms with E-state index < -0.39 is 0 Å². The molecule has 11 heavy (non-hydrogen) atoms. The van der Waals surface area contributed by atoms with Gasteiger partial charge in [-0.1, -0.05) is 12.1 Å². The van der Waals surface area contributed by atoms with Crippen molar-refractivity contribution >= 4 is 6.29 Å². The quantitative estimate of drug-likeness (QED) is 0.477. The molecule has 0 amide bonds. The molecule has 2 heteroatoms. The monoisotopic (exact) mass is 147 g/mol. The highest BCUT2D eigenvalue weighted by molar-refractivity contribution is 5.64. The number of carbonyl (C=O) groups is 1. The smallest absolute Gasteiger partial charge is 0.142 e. The van der Waals surface area contributed by atoms with E-state index >= 15 is 0 Å². The van der Waals surface area contributed by atoms with E-state index in [9.17, 15) is 4.79 Å². The molecular formula is C9H9NO. The Kier molecular flexibility index (Phi) is 3.06. The van der Waals surface area contributed by atoms with Crippen LogP contribution in [0.4, 0.5) is 0 Å². The molecule has 0 bridgehead atoms. The fraction of sp³-hybridized carbons (Fsp3) is 0.111. The summed E-state index contributed by atoms with van der Waals surface area (Å²) in [6.07, 6.45) is 8.36. The van der Waals surface area contributed by atoms with Crippen LogP contribution >= 0.6 is 0 Å². The van der Waals surface area contributed by atoms with Gasteiger partial charge in [0.05, 0.1) is 0 Å². The van der Waals surface area contributed by atoms with E-state index in [2.05, 4.69) is 4.98 Å². The van der Waals surface area contributed by atoms with E-state index in [0.29, 0.717) is 0 Å². The van der Waals surface area contributed by atoms with Crippen LogP contribution in [0.15, 0.2) is 36.7 Å². The van der Waals surface area contributed by atoms with Crippen molar-refractivity contribution in [3.05, 3.63) is 42.2 Å². The van der Waals surface area contributed by atoms with Crippen LogP contribution in [-0.4, -0.2) is 11.3 Å². The van der Waals surface area contributed by atoms with Crippen LogP contribution in [0.3, 0.4) is 0 Å². The minimum absolute atomic E-state index is 0.770. The Balaban J connectivity index is 2.51. The van der Waals surface area contributed by atoms with Gasteiger partial charge in [0.25, 0.3) is 0 Å². The van der Waals surface area contributed by atoms with Crippen LogP contribution in [0.2, 0.25) is 0 Å². The van der Waals surface area contributed by atoms with Gasteiger partial charge in [-0.3, -0.25) is 9.78 Å². The molecule has 0 saturated carbocycles. The van der Waals surface area contributed by atoms with Gasteiger partial charge >= 0.3 is 0 Å². The summed E-state index contributed by atoms with van der Waals surface area (Å²) in [5.41, 5.74) is 1.12. The van der Waals surface area contributed by atoms with Gasteiger partial charge in [0.15, 0.2) is 0 Å². The van der Waals surface area contributed by atoms with Crippen LogP contribution in [0, 0.1) is 0 Å². The summed E-state index contributed by atoms with van der Waals surface area (Å²) in [6, 6.07) is 3.85. The van der Waals surface area contributed by atoms with Gasteiger partial charge in [-0.05, 0) is 24.1 Å². The number of hydrogen-bond donors (Lipinski definition) is 0. The van der Waals surface area contributed by atoms with Gasteiger partial charge < -0.3 is 0 Å². The number of nitrogens with zero attached hydrogens (tertiary/aromatic N) is 1. The maximum absolute atomic E-state index is 9.89. The average Bonchev–Trinajstić information content (AvgIpc) is 2.07. The van der Waals surface area contributed by atoms with E-state index in [4.69, 9.17) is 0 Å². The minimum atomic E-state index is 0.770. The predicted octanol–water partition coefficient (Wildman–Crippen LogP) is 1.38. The van der Waals surface area contributed by atoms with Gasteiger partial charge in [-0.2, -0.15) is 0 Å². The van der Waals surface area contributed by atoms with Crippen LogP contribution in [0.25, 0.3) is 0 Å². The largest absolute Gasteiger partial charge is 0.299 e. The van der Waals surface area contributed by atoms with Crippen molar-refractivity contribution in [2.24, 2.45) is 0 Å². The van der Waals surface area contributed by atoms with Crippen molar-refractivity contribution in [3.8, 4) is 0 Å². The van der Waals surface area contributed by atoms with E-state index in [1.165, 1.54) is 6.08 Å². The first-order valence-electron chi connectivity index (χ1n) is 3.42. The van der Waals surface area contributed by atoms with Gasteiger partial charge in [0, 0.05) is 12.4 Å². The van der Waals surface area contributed by atoms with Crippen molar-refractivity contribution in [2.45, 2.75) is 6.42 Å². The second kappa shape index (κ2) is 4.39. The highest BCUT2D eigenvalue weighted by Crippen LogP contribution is 1.96. The normalized spacial score (nSPS) is 10.2. The third kappa shape index (κ3) is 2.76. The Morgan fingerprint density at radius 3 is 3.09 bits per heavy atom. The maximum Gasteiger partial charge on any atom is 0.142 e.